The molecule has 3 N–H and O–H groups in total. The largest absolute Gasteiger partial charge is 0.368 e. The van der Waals surface area contributed by atoms with E-state index in [9.17, 15) is 17.6 Å². The van der Waals surface area contributed by atoms with Crippen LogP contribution in [0.1, 0.15) is 28.9 Å². The van der Waals surface area contributed by atoms with Crippen LogP contribution in [0.3, 0.4) is 0 Å². The van der Waals surface area contributed by atoms with Gasteiger partial charge in [0.15, 0.2) is 5.82 Å². The number of carbonyl (C=O) groups excluding carboxylic acids is 1. The molecule has 1 fully saturated rings. The van der Waals surface area contributed by atoms with Crippen LogP contribution in [0.4, 0.5) is 31.9 Å². The third-order valence-electron chi connectivity index (χ3n) is 5.77. The summed E-state index contributed by atoms with van der Waals surface area (Å²) >= 11 is 6.06. The van der Waals surface area contributed by atoms with Crippen molar-refractivity contribution in [2.75, 3.05) is 26.9 Å². The second kappa shape index (κ2) is 8.02. The van der Waals surface area contributed by atoms with Gasteiger partial charge in [0.25, 0.3) is 15.9 Å². The minimum absolute atomic E-state index is 0.0159. The van der Waals surface area contributed by atoms with Crippen LogP contribution in [-0.2, 0) is 17.1 Å². The smallest absolute Gasteiger partial charge is 0.266 e. The molecule has 1 aliphatic heterocycles. The lowest BCUT2D eigenvalue weighted by atomic mass is 10.1. The maximum absolute atomic E-state index is 15.6. The topological polar surface area (TPSA) is 139 Å². The van der Waals surface area contributed by atoms with Gasteiger partial charge in [0.1, 0.15) is 39.6 Å². The summed E-state index contributed by atoms with van der Waals surface area (Å²) < 4.78 is 59.8. The minimum atomic E-state index is -4.39. The summed E-state index contributed by atoms with van der Waals surface area (Å²) in [6.07, 6.45) is 2.82. The molecule has 1 aliphatic carbocycles. The number of carbonyl (C=O) groups is 1. The molecule has 5 rings (SSSR count). The molecule has 35 heavy (non-hydrogen) atoms. The zero-order valence-corrected chi connectivity index (χ0v) is 20.0. The summed E-state index contributed by atoms with van der Waals surface area (Å²) in [7, 11) is -2.94. The van der Waals surface area contributed by atoms with Crippen LogP contribution in [0, 0.1) is 18.6 Å². The highest BCUT2D eigenvalue weighted by atomic mass is 35.5. The van der Waals surface area contributed by atoms with E-state index < -0.39 is 38.9 Å². The lowest BCUT2D eigenvalue weighted by Crippen LogP contribution is -2.49. The molecule has 15 heteroatoms. The fourth-order valence-corrected chi connectivity index (χ4v) is 5.82. The van der Waals surface area contributed by atoms with Crippen LogP contribution in [0.2, 0.25) is 5.15 Å². The molecule has 184 valence electrons. The van der Waals surface area contributed by atoms with Gasteiger partial charge in [0.05, 0.1) is 11.4 Å². The highest BCUT2D eigenvalue weighted by Crippen LogP contribution is 2.40. The number of nitrogens with one attached hydrogen (secondary N) is 1. The number of anilines is 4. The van der Waals surface area contributed by atoms with Crippen molar-refractivity contribution in [2.45, 2.75) is 30.7 Å². The number of aromatic nitrogens is 4. The van der Waals surface area contributed by atoms with Gasteiger partial charge in [0, 0.05) is 19.3 Å². The number of nitrogens with two attached hydrogens (primary N) is 1. The summed E-state index contributed by atoms with van der Waals surface area (Å²) in [6, 6.07) is 1.82. The van der Waals surface area contributed by atoms with E-state index in [2.05, 4.69) is 19.8 Å². The molecule has 1 saturated carbocycles. The van der Waals surface area contributed by atoms with Crippen molar-refractivity contribution in [3.63, 3.8) is 0 Å². The summed E-state index contributed by atoms with van der Waals surface area (Å²) in [5.74, 6) is -2.81. The normalized spacial score (nSPS) is 16.0. The molecule has 0 spiro atoms. The van der Waals surface area contributed by atoms with Crippen molar-refractivity contribution in [1.29, 1.82) is 0 Å². The first-order valence-corrected chi connectivity index (χ1v) is 12.3. The molecule has 0 unspecified atom stereocenters. The lowest BCUT2D eigenvalue weighted by molar-refractivity contribution is 0.0979. The molecule has 0 radical (unpaired) electrons. The Hall–Kier alpha value is -3.52. The van der Waals surface area contributed by atoms with E-state index in [1.165, 1.54) is 20.2 Å². The fraction of sp³-hybridized carbons (Fsp3) is 0.300. The van der Waals surface area contributed by atoms with E-state index in [0.717, 1.165) is 34.6 Å². The van der Waals surface area contributed by atoms with Crippen LogP contribution in [-0.4, -0.2) is 46.8 Å². The molecule has 0 bridgehead atoms. The molecule has 1 aromatic carbocycles. The standard InChI is InChI=1S/C20H19ClF2N8O3S/c1-9-16(17(21)29(2)27-9)35(33,34)28-13-6-5-12(22)15(14(13)23)31-8-30(10-3-4-10)18-11(19(31)32)7-25-20(24)26-18/h5-7,10,28H,3-4,8H2,1-2H3,(H2,24,25,26). The summed E-state index contributed by atoms with van der Waals surface area (Å²) in [4.78, 5) is 23.5. The number of halogens is 3. The molecular weight excluding hydrogens is 506 g/mol. The van der Waals surface area contributed by atoms with Crippen molar-refractivity contribution in [3.8, 4) is 0 Å². The third-order valence-corrected chi connectivity index (χ3v) is 7.83. The van der Waals surface area contributed by atoms with Crippen molar-refractivity contribution in [3.05, 3.63) is 46.4 Å². The van der Waals surface area contributed by atoms with E-state index >= 15 is 4.39 Å². The van der Waals surface area contributed by atoms with Crippen LogP contribution in [0.15, 0.2) is 23.2 Å². The Balaban J connectivity index is 1.57. The second-order valence-corrected chi connectivity index (χ2v) is 10.2. The number of hydrogen-bond donors (Lipinski definition) is 2. The number of nitrogens with zero attached hydrogens (tertiary/aromatic N) is 6. The molecule has 1 amide bonds. The lowest BCUT2D eigenvalue weighted by Gasteiger charge is -2.37. The van der Waals surface area contributed by atoms with Crippen LogP contribution in [0.25, 0.3) is 0 Å². The Morgan fingerprint density at radius 3 is 2.60 bits per heavy atom. The van der Waals surface area contributed by atoms with Crippen molar-refractivity contribution < 1.29 is 22.0 Å². The Morgan fingerprint density at radius 1 is 1.26 bits per heavy atom. The van der Waals surface area contributed by atoms with Gasteiger partial charge in [-0.15, -0.1) is 0 Å². The molecule has 2 aromatic heterocycles. The number of rotatable bonds is 5. The number of benzene rings is 1. The SMILES string of the molecule is Cc1nn(C)c(Cl)c1S(=O)(=O)Nc1ccc(F)c(N2CN(C3CC3)c3nc(N)ncc3C2=O)c1F. The summed E-state index contributed by atoms with van der Waals surface area (Å²) in [6.45, 7) is 1.22. The van der Waals surface area contributed by atoms with Crippen molar-refractivity contribution in [1.82, 2.24) is 19.7 Å². The predicted octanol–water partition coefficient (Wildman–Crippen LogP) is 2.42. The van der Waals surface area contributed by atoms with Crippen molar-refractivity contribution >= 4 is 50.7 Å². The number of sulfonamides is 1. The first-order valence-electron chi connectivity index (χ1n) is 10.4. The number of hydrogen-bond acceptors (Lipinski definition) is 8. The summed E-state index contributed by atoms with van der Waals surface area (Å²) in [5.41, 5.74) is 4.52. The van der Waals surface area contributed by atoms with Crippen LogP contribution in [0.5, 0.6) is 0 Å². The maximum Gasteiger partial charge on any atom is 0.266 e. The van der Waals surface area contributed by atoms with E-state index in [1.807, 2.05) is 0 Å². The summed E-state index contributed by atoms with van der Waals surface area (Å²) in [5, 5.41) is 3.77. The number of amides is 1. The predicted molar refractivity (Wildman–Crippen MR) is 124 cm³/mol. The molecule has 11 nitrogen and oxygen atoms in total. The molecule has 3 aromatic rings. The molecular formula is C20H19ClF2N8O3S. The Labute approximate surface area is 203 Å². The highest BCUT2D eigenvalue weighted by molar-refractivity contribution is 7.92. The zero-order valence-electron chi connectivity index (χ0n) is 18.5. The monoisotopic (exact) mass is 524 g/mol. The van der Waals surface area contributed by atoms with Gasteiger partial charge in [0.2, 0.25) is 5.95 Å². The molecule has 0 saturated heterocycles. The van der Waals surface area contributed by atoms with Gasteiger partial charge in [-0.2, -0.15) is 10.1 Å². The van der Waals surface area contributed by atoms with E-state index in [-0.39, 0.29) is 40.0 Å². The average Bonchev–Trinajstić information content (AvgIpc) is 3.58. The average molecular weight is 525 g/mol. The molecule has 0 atom stereocenters. The first-order chi connectivity index (χ1) is 16.5. The van der Waals surface area contributed by atoms with Gasteiger partial charge < -0.3 is 10.6 Å². The highest BCUT2D eigenvalue weighted by Gasteiger charge is 2.41. The first kappa shape index (κ1) is 23.2. The van der Waals surface area contributed by atoms with E-state index in [0.29, 0.717) is 5.82 Å². The van der Waals surface area contributed by atoms with Gasteiger partial charge in [-0.25, -0.2) is 22.2 Å². The van der Waals surface area contributed by atoms with Crippen molar-refractivity contribution in [2.24, 2.45) is 7.05 Å². The van der Waals surface area contributed by atoms with Gasteiger partial charge in [-0.05, 0) is 31.9 Å². The third kappa shape index (κ3) is 3.82. The van der Waals surface area contributed by atoms with Crippen LogP contribution < -0.4 is 20.3 Å². The van der Waals surface area contributed by atoms with E-state index in [1.54, 1.807) is 4.90 Å². The minimum Gasteiger partial charge on any atom is -0.368 e. The number of nitrogen functional groups attached to an aromatic ring is 1. The van der Waals surface area contributed by atoms with Gasteiger partial charge >= 0.3 is 0 Å². The quantitative estimate of drug-likeness (QED) is 0.518. The van der Waals surface area contributed by atoms with Crippen LogP contribution >= 0.6 is 11.6 Å². The maximum atomic E-state index is 15.6. The zero-order chi connectivity index (χ0) is 25.2. The second-order valence-electron chi connectivity index (χ2n) is 8.23. The Kier molecular flexibility index (Phi) is 5.32. The molecule has 3 heterocycles. The van der Waals surface area contributed by atoms with E-state index in [4.69, 9.17) is 17.3 Å². The molecule has 2 aliphatic rings. The van der Waals surface area contributed by atoms with Gasteiger partial charge in [-0.1, -0.05) is 11.6 Å². The Morgan fingerprint density at radius 2 is 1.97 bits per heavy atom. The van der Waals surface area contributed by atoms with Gasteiger partial charge in [-0.3, -0.25) is 19.1 Å². The fourth-order valence-electron chi connectivity index (χ4n) is 4.01. The number of aryl methyl sites for hydroxylation is 2. The number of fused-ring (bicyclic) bond motifs is 1. The Bertz CT molecular complexity index is 1490.